The van der Waals surface area contributed by atoms with Crippen molar-refractivity contribution in [2.24, 2.45) is 0 Å². The third-order valence-corrected chi connectivity index (χ3v) is 14.8. The summed E-state index contributed by atoms with van der Waals surface area (Å²) in [5.74, 6) is 5.08. The Hall–Kier alpha value is 1.28. The molecule has 1 atom stereocenters. The van der Waals surface area contributed by atoms with Crippen molar-refractivity contribution in [3.05, 3.63) is 0 Å². The van der Waals surface area contributed by atoms with Gasteiger partial charge in [-0.1, -0.05) is 142 Å². The third-order valence-electron chi connectivity index (χ3n) is 9.87. The van der Waals surface area contributed by atoms with Gasteiger partial charge in [0, 0.05) is 36.7 Å². The van der Waals surface area contributed by atoms with Crippen molar-refractivity contribution in [2.75, 3.05) is 53.5 Å². The Morgan fingerprint density at radius 2 is 0.837 bits per heavy atom. The minimum Gasteiger partial charge on any atom is -0.385 e. The smallest absolute Gasteiger partial charge is 0.168 e. The summed E-state index contributed by atoms with van der Waals surface area (Å²) in [7, 11) is 1.79. The van der Waals surface area contributed by atoms with Gasteiger partial charge in [-0.3, -0.25) is 0 Å². The Kier molecular flexibility index (Phi) is 38.4. The molecule has 0 aromatic carbocycles. The number of thioether (sulfide) groups is 4. The molecule has 0 bridgehead atoms. The van der Waals surface area contributed by atoms with E-state index in [0.717, 1.165) is 32.5 Å². The van der Waals surface area contributed by atoms with Gasteiger partial charge >= 0.3 is 0 Å². The summed E-state index contributed by atoms with van der Waals surface area (Å²) in [6.07, 6.45) is 39.4. The number of rotatable bonds is 41. The summed E-state index contributed by atoms with van der Waals surface area (Å²) >= 11 is 8.64. The van der Waals surface area contributed by atoms with Crippen LogP contribution >= 0.6 is 47.0 Å². The molecule has 1 fully saturated rings. The molecule has 7 heteroatoms. The first-order chi connectivity index (χ1) is 24.3. The molecule has 1 aliphatic heterocycles. The molecule has 0 aliphatic carbocycles. The molecule has 0 radical (unpaired) electrons. The van der Waals surface area contributed by atoms with E-state index in [4.69, 9.17) is 14.2 Å². The average Bonchev–Trinajstić information content (AvgIpc) is 3.52. The van der Waals surface area contributed by atoms with E-state index >= 15 is 0 Å². The molecule has 0 saturated carbocycles. The molecule has 0 aromatic heterocycles. The second kappa shape index (κ2) is 39.0. The second-order valence-electron chi connectivity index (χ2n) is 14.6. The number of hydrogen-bond donors (Lipinski definition) is 0. The average molecular weight is 765 g/mol. The zero-order valence-corrected chi connectivity index (χ0v) is 36.4. The highest BCUT2D eigenvalue weighted by atomic mass is 32.2. The van der Waals surface area contributed by atoms with Gasteiger partial charge in [0.05, 0.1) is 12.7 Å². The van der Waals surface area contributed by atoms with Crippen LogP contribution in [0.25, 0.3) is 0 Å². The van der Waals surface area contributed by atoms with E-state index in [9.17, 15) is 0 Å². The molecular formula is C42H84O3S4. The third kappa shape index (κ3) is 32.4. The molecule has 1 aliphatic rings. The lowest BCUT2D eigenvalue weighted by atomic mass is 9.99. The first-order valence-electron chi connectivity index (χ1n) is 21.4. The molecule has 1 saturated heterocycles. The van der Waals surface area contributed by atoms with Crippen molar-refractivity contribution < 1.29 is 14.2 Å². The van der Waals surface area contributed by atoms with Gasteiger partial charge in [0.1, 0.15) is 0 Å². The maximum Gasteiger partial charge on any atom is 0.168 e. The van der Waals surface area contributed by atoms with E-state index in [0.29, 0.717) is 0 Å². The first-order valence-corrected chi connectivity index (χ1v) is 26.0. The van der Waals surface area contributed by atoms with Crippen LogP contribution in [0.5, 0.6) is 0 Å². The topological polar surface area (TPSA) is 27.7 Å². The highest BCUT2D eigenvalue weighted by Gasteiger charge is 2.40. The number of hydrogen-bond acceptors (Lipinski definition) is 7. The summed E-state index contributed by atoms with van der Waals surface area (Å²) in [5, 5.41) is 2.59. The molecule has 294 valence electrons. The van der Waals surface area contributed by atoms with Crippen LogP contribution in [0, 0.1) is 0 Å². The molecular weight excluding hydrogens is 681 g/mol. The van der Waals surface area contributed by atoms with Crippen LogP contribution in [0.2, 0.25) is 0 Å². The van der Waals surface area contributed by atoms with Crippen LogP contribution in [0.4, 0.5) is 0 Å². The molecule has 0 spiro atoms. The molecule has 3 nitrogen and oxygen atoms in total. The van der Waals surface area contributed by atoms with Crippen molar-refractivity contribution in [3.8, 4) is 0 Å². The lowest BCUT2D eigenvalue weighted by Crippen LogP contribution is -2.31. The normalized spacial score (nSPS) is 15.9. The van der Waals surface area contributed by atoms with Gasteiger partial charge in [-0.25, -0.2) is 0 Å². The lowest BCUT2D eigenvalue weighted by Gasteiger charge is -2.28. The highest BCUT2D eigenvalue weighted by molar-refractivity contribution is 8.16. The lowest BCUT2D eigenvalue weighted by molar-refractivity contribution is -0.180. The monoisotopic (exact) mass is 765 g/mol. The Labute approximate surface area is 325 Å². The van der Waals surface area contributed by atoms with Gasteiger partial charge in [0.2, 0.25) is 0 Å². The van der Waals surface area contributed by atoms with E-state index < -0.39 is 0 Å². The van der Waals surface area contributed by atoms with Crippen LogP contribution in [0.1, 0.15) is 200 Å². The Morgan fingerprint density at radius 3 is 1.20 bits per heavy atom. The van der Waals surface area contributed by atoms with E-state index in [-0.39, 0.29) is 11.9 Å². The van der Waals surface area contributed by atoms with Crippen LogP contribution in [0.15, 0.2) is 0 Å². The van der Waals surface area contributed by atoms with E-state index in [2.05, 4.69) is 60.9 Å². The molecule has 1 rings (SSSR count). The van der Waals surface area contributed by atoms with Gasteiger partial charge < -0.3 is 14.2 Å². The maximum atomic E-state index is 6.61. The van der Waals surface area contributed by atoms with Crippen LogP contribution in [0.3, 0.4) is 0 Å². The second-order valence-corrected chi connectivity index (χ2v) is 19.7. The van der Waals surface area contributed by atoms with Crippen LogP contribution < -0.4 is 0 Å². The van der Waals surface area contributed by atoms with E-state index in [1.807, 2.05) is 0 Å². The fourth-order valence-corrected chi connectivity index (χ4v) is 11.1. The molecule has 1 heterocycles. The molecule has 0 amide bonds. The van der Waals surface area contributed by atoms with Crippen molar-refractivity contribution in [3.63, 3.8) is 0 Å². The molecule has 49 heavy (non-hydrogen) atoms. The van der Waals surface area contributed by atoms with Crippen LogP contribution in [-0.2, 0) is 14.2 Å². The minimum absolute atomic E-state index is 0.206. The summed E-state index contributed by atoms with van der Waals surface area (Å²) in [6, 6.07) is 0. The highest BCUT2D eigenvalue weighted by Crippen LogP contribution is 2.35. The van der Waals surface area contributed by atoms with Crippen molar-refractivity contribution in [2.45, 2.75) is 212 Å². The summed E-state index contributed by atoms with van der Waals surface area (Å²) < 4.78 is 18.4. The fraction of sp³-hybridized carbons (Fsp3) is 1.00. The minimum atomic E-state index is -0.328. The summed E-state index contributed by atoms with van der Waals surface area (Å²) in [4.78, 5) is 0. The molecule has 0 aromatic rings. The van der Waals surface area contributed by atoms with Crippen LogP contribution in [-0.4, -0.2) is 65.4 Å². The summed E-state index contributed by atoms with van der Waals surface area (Å²) in [6.45, 7) is 6.10. The van der Waals surface area contributed by atoms with E-state index in [1.54, 1.807) is 7.11 Å². The first kappa shape index (κ1) is 48.3. The standard InChI is InChI=1S/C42H84O3S4/c1-4-6-8-10-14-20-26-34-46-39-48-36-28-22-16-12-18-24-31-42(44-38-41(45-42)30-33-43-3)32-25-19-13-17-23-29-37-49-40-47-35-27-21-15-11-9-7-5-2/h41H,4-40H2,1-3H3. The number of methoxy groups -OCH3 is 1. The van der Waals surface area contributed by atoms with Gasteiger partial charge in [0.15, 0.2) is 5.79 Å². The zero-order chi connectivity index (χ0) is 35.2. The number of ether oxygens (including phenoxy) is 3. The van der Waals surface area contributed by atoms with Gasteiger partial charge in [-0.2, -0.15) is 47.0 Å². The fourth-order valence-electron chi connectivity index (χ4n) is 6.68. The quantitative estimate of drug-likeness (QED) is 0.0452. The Balaban J connectivity index is 2.00. The summed E-state index contributed by atoms with van der Waals surface area (Å²) in [5.41, 5.74) is 0. The molecule has 1 unspecified atom stereocenters. The Morgan fingerprint density at radius 1 is 0.490 bits per heavy atom. The predicted octanol–water partition coefficient (Wildman–Crippen LogP) is 14.9. The Bertz CT molecular complexity index is 601. The number of unbranched alkanes of at least 4 members (excludes halogenated alkanes) is 22. The van der Waals surface area contributed by atoms with Crippen molar-refractivity contribution >= 4 is 47.0 Å². The largest absolute Gasteiger partial charge is 0.385 e. The van der Waals surface area contributed by atoms with E-state index in [1.165, 1.54) is 200 Å². The van der Waals surface area contributed by atoms with Gasteiger partial charge in [-0.15, -0.1) is 0 Å². The zero-order valence-electron chi connectivity index (χ0n) is 33.1. The van der Waals surface area contributed by atoms with Crippen molar-refractivity contribution in [1.29, 1.82) is 0 Å². The van der Waals surface area contributed by atoms with Gasteiger partial charge in [0.25, 0.3) is 0 Å². The van der Waals surface area contributed by atoms with Gasteiger partial charge in [-0.05, 0) is 68.0 Å². The maximum absolute atomic E-state index is 6.61. The molecule has 0 N–H and O–H groups in total. The predicted molar refractivity (Wildman–Crippen MR) is 230 cm³/mol. The van der Waals surface area contributed by atoms with Crippen molar-refractivity contribution in [1.82, 2.24) is 0 Å². The SMILES string of the molecule is CCCCCCCCCSCSCCCCCCCCC1(CCCCCCCCSCSCCCCCCCCC)OCC(CCOC)O1.